The zero-order chi connectivity index (χ0) is 21.3. The van der Waals surface area contributed by atoms with Gasteiger partial charge in [0.2, 0.25) is 0 Å². The topological polar surface area (TPSA) is 97.3 Å². The van der Waals surface area contributed by atoms with Crippen molar-refractivity contribution in [1.29, 1.82) is 0 Å². The lowest BCUT2D eigenvalue weighted by Gasteiger charge is -2.22. The molecule has 0 N–H and O–H groups in total. The Morgan fingerprint density at radius 1 is 0.800 bits per heavy atom. The van der Waals surface area contributed by atoms with Crippen molar-refractivity contribution in [2.75, 3.05) is 66.9 Å². The second-order valence-corrected chi connectivity index (χ2v) is 8.79. The molecule has 0 saturated heterocycles. The summed E-state index contributed by atoms with van der Waals surface area (Å²) in [7, 11) is 12.9. The molecule has 0 bridgehead atoms. The van der Waals surface area contributed by atoms with Gasteiger partial charge in [-0.25, -0.2) is 0 Å². The summed E-state index contributed by atoms with van der Waals surface area (Å²) in [5.41, 5.74) is 0. The average molecular weight is 401 g/mol. The molecule has 0 heterocycles. The van der Waals surface area contributed by atoms with E-state index >= 15 is 0 Å². The highest BCUT2D eigenvalue weighted by Gasteiger charge is 2.06. The third-order valence-electron chi connectivity index (χ3n) is 1.84. The van der Waals surface area contributed by atoms with Crippen LogP contribution in [0.25, 0.3) is 0 Å². The van der Waals surface area contributed by atoms with Crippen LogP contribution >= 0.6 is 24.4 Å². The number of rotatable bonds is 5. The van der Waals surface area contributed by atoms with E-state index in [9.17, 15) is 4.79 Å². The molecule has 0 unspecified atom stereocenters. The molecule has 25 heavy (non-hydrogen) atoms. The lowest BCUT2D eigenvalue weighted by Crippen LogP contribution is -2.36. The van der Waals surface area contributed by atoms with Crippen LogP contribution in [0.4, 0.5) is 0 Å². The van der Waals surface area contributed by atoms with Crippen LogP contribution in [0.5, 0.6) is 0 Å². The van der Waals surface area contributed by atoms with Gasteiger partial charge >= 0.3 is 0 Å². The third kappa shape index (κ3) is 100. The number of carboxylic acid groups (broad SMARTS) is 2. The van der Waals surface area contributed by atoms with E-state index < -0.39 is 11.9 Å². The first-order valence-corrected chi connectivity index (χ1v) is 9.26. The highest BCUT2D eigenvalue weighted by molar-refractivity contribution is 8.13. The number of carbonyl (C=O) groups excluding carboxylic acids is 3. The minimum absolute atomic E-state index is 0.216. The van der Waals surface area contributed by atoms with Crippen LogP contribution < -0.4 is 10.2 Å². The van der Waals surface area contributed by atoms with Crippen molar-refractivity contribution in [1.82, 2.24) is 0 Å². The SMILES string of the molecule is CC(=O)SCC[N+](C)(C)C.CC(=O)[O-].CC(=O)[O-].C[N+](C)(C)CCS. The molecule has 0 aliphatic rings. The summed E-state index contributed by atoms with van der Waals surface area (Å²) in [6.45, 7) is 5.74. The number of hydrogen-bond acceptors (Lipinski definition) is 7. The molecule has 0 aromatic heterocycles. The Morgan fingerprint density at radius 3 is 1.20 bits per heavy atom. The Hall–Kier alpha value is -0.770. The number of thioether (sulfide) groups is 1. The van der Waals surface area contributed by atoms with E-state index in [1.54, 1.807) is 6.92 Å². The van der Waals surface area contributed by atoms with Gasteiger partial charge in [-0.2, -0.15) is 12.6 Å². The van der Waals surface area contributed by atoms with E-state index in [1.807, 2.05) is 0 Å². The molecular weight excluding hydrogens is 364 g/mol. The summed E-state index contributed by atoms with van der Waals surface area (Å²) in [4.78, 5) is 28.3. The van der Waals surface area contributed by atoms with Gasteiger partial charge in [-0.1, -0.05) is 11.8 Å². The fourth-order valence-corrected chi connectivity index (χ4v) is 2.29. The maximum atomic E-state index is 10.5. The molecule has 0 fully saturated rings. The molecule has 0 aliphatic carbocycles. The molecule has 0 rings (SSSR count). The van der Waals surface area contributed by atoms with Crippen LogP contribution in [0.3, 0.4) is 0 Å². The largest absolute Gasteiger partial charge is 0.550 e. The molecule has 9 heteroatoms. The summed E-state index contributed by atoms with van der Waals surface area (Å²) >= 11 is 5.50. The van der Waals surface area contributed by atoms with Crippen molar-refractivity contribution in [2.45, 2.75) is 20.8 Å². The first-order valence-electron chi connectivity index (χ1n) is 7.65. The number of carbonyl (C=O) groups is 3. The molecule has 0 amide bonds. The van der Waals surface area contributed by atoms with Gasteiger partial charge in [0.1, 0.15) is 0 Å². The van der Waals surface area contributed by atoms with Gasteiger partial charge < -0.3 is 28.8 Å². The standard InChI is InChI=1S/C7H16NOS.C5H13NS.2C2H4O2/c1-7(9)10-6-5-8(2,3)4;1-6(2,3)4-5-7;2*1-2(3)4/h5-6H2,1-4H3;4-5H2,1-3H3;2*1H3,(H,3,4)/q+1;;;/p-1. The highest BCUT2D eigenvalue weighted by Crippen LogP contribution is 2.02. The normalized spacial score (nSPS) is 10.0. The summed E-state index contributed by atoms with van der Waals surface area (Å²) in [5.74, 6) is -0.262. The maximum absolute atomic E-state index is 10.5. The summed E-state index contributed by atoms with van der Waals surface area (Å²) in [5, 5.41) is 18.0. The fourth-order valence-electron chi connectivity index (χ4n) is 0.763. The third-order valence-corrected chi connectivity index (χ3v) is 2.83. The zero-order valence-electron chi connectivity index (χ0n) is 17.1. The lowest BCUT2D eigenvalue weighted by molar-refractivity contribution is -0.867. The van der Waals surface area contributed by atoms with Gasteiger partial charge in [-0.05, 0) is 13.8 Å². The number of hydrogen-bond donors (Lipinski definition) is 1. The predicted octanol–water partition coefficient (Wildman–Crippen LogP) is -0.893. The number of thiol groups is 1. The van der Waals surface area contributed by atoms with E-state index in [-0.39, 0.29) is 5.12 Å². The number of nitrogens with zero attached hydrogens (tertiary/aromatic N) is 2. The molecule has 152 valence electrons. The van der Waals surface area contributed by atoms with Gasteiger partial charge in [-0.3, -0.25) is 4.79 Å². The van der Waals surface area contributed by atoms with Gasteiger partial charge in [-0.15, -0.1) is 0 Å². The minimum Gasteiger partial charge on any atom is -0.550 e. The Balaban J connectivity index is -0.000000128. The molecule has 0 radical (unpaired) electrons. The molecular formula is C16H36N2O5S2. The second-order valence-electron chi connectivity index (χ2n) is 7.07. The van der Waals surface area contributed by atoms with Crippen molar-refractivity contribution in [3.8, 4) is 0 Å². The first kappa shape index (κ1) is 31.9. The fraction of sp³-hybridized carbons (Fsp3) is 0.812. The van der Waals surface area contributed by atoms with E-state index in [1.165, 1.54) is 11.8 Å². The summed E-state index contributed by atoms with van der Waals surface area (Å²) in [6, 6.07) is 0. The van der Waals surface area contributed by atoms with Crippen molar-refractivity contribution in [3.63, 3.8) is 0 Å². The van der Waals surface area contributed by atoms with Crippen molar-refractivity contribution < 1.29 is 33.6 Å². The molecule has 7 nitrogen and oxygen atoms in total. The quantitative estimate of drug-likeness (QED) is 0.475. The molecule has 0 saturated carbocycles. The van der Waals surface area contributed by atoms with Gasteiger partial charge in [0.05, 0.1) is 61.1 Å². The number of aliphatic carboxylic acids is 2. The molecule has 0 atom stereocenters. The number of carboxylic acids is 2. The predicted molar refractivity (Wildman–Crippen MR) is 104 cm³/mol. The van der Waals surface area contributed by atoms with Crippen LogP contribution in [0, 0.1) is 0 Å². The van der Waals surface area contributed by atoms with Crippen LogP contribution in [0.1, 0.15) is 20.8 Å². The molecule has 0 aromatic rings. The summed E-state index contributed by atoms with van der Waals surface area (Å²) < 4.78 is 1.95. The lowest BCUT2D eigenvalue weighted by atomic mass is 10.6. The van der Waals surface area contributed by atoms with Gasteiger partial charge in [0, 0.05) is 24.6 Å². The van der Waals surface area contributed by atoms with E-state index in [4.69, 9.17) is 19.8 Å². The van der Waals surface area contributed by atoms with E-state index in [2.05, 4.69) is 54.9 Å². The molecule has 0 spiro atoms. The van der Waals surface area contributed by atoms with Crippen LogP contribution in [0.2, 0.25) is 0 Å². The Kier molecular flexibility index (Phi) is 23.0. The van der Waals surface area contributed by atoms with Crippen molar-refractivity contribution >= 4 is 41.4 Å². The second kappa shape index (κ2) is 18.0. The molecule has 0 aromatic carbocycles. The van der Waals surface area contributed by atoms with Gasteiger partial charge in [0.15, 0.2) is 5.12 Å². The van der Waals surface area contributed by atoms with E-state index in [0.29, 0.717) is 0 Å². The van der Waals surface area contributed by atoms with E-state index in [0.717, 1.165) is 47.4 Å². The Labute approximate surface area is 163 Å². The van der Waals surface area contributed by atoms with Crippen LogP contribution in [-0.2, 0) is 14.4 Å². The smallest absolute Gasteiger partial charge is 0.186 e. The van der Waals surface area contributed by atoms with Crippen molar-refractivity contribution in [3.05, 3.63) is 0 Å². The molecule has 0 aliphatic heterocycles. The minimum atomic E-state index is -1.08. The Bertz CT molecular complexity index is 345. The number of quaternary nitrogens is 2. The average Bonchev–Trinajstić information content (AvgIpc) is 2.23. The van der Waals surface area contributed by atoms with Crippen molar-refractivity contribution in [2.24, 2.45) is 0 Å². The Morgan fingerprint density at radius 2 is 1.08 bits per heavy atom. The van der Waals surface area contributed by atoms with Gasteiger partial charge in [0.25, 0.3) is 0 Å². The summed E-state index contributed by atoms with van der Waals surface area (Å²) in [6.07, 6.45) is 0. The highest BCUT2D eigenvalue weighted by atomic mass is 32.2. The first-order chi connectivity index (χ1) is 10.9. The maximum Gasteiger partial charge on any atom is 0.186 e. The van der Waals surface area contributed by atoms with Crippen LogP contribution in [0.15, 0.2) is 0 Å². The zero-order valence-corrected chi connectivity index (χ0v) is 18.8. The monoisotopic (exact) mass is 400 g/mol. The van der Waals surface area contributed by atoms with Crippen LogP contribution in [-0.4, -0.2) is 92.9 Å².